The molecule has 0 amide bonds. The van der Waals surface area contributed by atoms with Crippen molar-refractivity contribution < 1.29 is 18.3 Å². The summed E-state index contributed by atoms with van der Waals surface area (Å²) in [6.45, 7) is 1.22. The number of nitrogens with one attached hydrogen (secondary N) is 1. The van der Waals surface area contributed by atoms with Crippen molar-refractivity contribution in [2.24, 2.45) is 0 Å². The summed E-state index contributed by atoms with van der Waals surface area (Å²) in [5, 5.41) is 13.0. The summed E-state index contributed by atoms with van der Waals surface area (Å²) in [4.78, 5) is 0. The zero-order chi connectivity index (χ0) is 13.2. The van der Waals surface area contributed by atoms with Gasteiger partial charge in [-0.15, -0.1) is 0 Å². The second kappa shape index (κ2) is 4.74. The molecule has 98 valence electrons. The number of benzene rings is 1. The summed E-state index contributed by atoms with van der Waals surface area (Å²) >= 11 is 0. The van der Waals surface area contributed by atoms with Gasteiger partial charge in [0.05, 0.1) is 11.2 Å². The van der Waals surface area contributed by atoms with Crippen LogP contribution >= 0.6 is 0 Å². The minimum absolute atomic E-state index is 0.476. The van der Waals surface area contributed by atoms with Crippen molar-refractivity contribution in [1.82, 2.24) is 5.32 Å². The van der Waals surface area contributed by atoms with E-state index in [4.69, 9.17) is 0 Å². The van der Waals surface area contributed by atoms with Gasteiger partial charge in [0.15, 0.2) is 0 Å². The smallest absolute Gasteiger partial charge is 0.384 e. The fourth-order valence-electron chi connectivity index (χ4n) is 1.87. The summed E-state index contributed by atoms with van der Waals surface area (Å²) < 4.78 is 37.0. The molecular formula is C13H14F3NO. The highest BCUT2D eigenvalue weighted by molar-refractivity contribution is 5.51. The monoisotopic (exact) mass is 257 g/mol. The Hall–Kier alpha value is -1.33. The van der Waals surface area contributed by atoms with Gasteiger partial charge in [0.2, 0.25) is 0 Å². The maximum atomic E-state index is 12.3. The van der Waals surface area contributed by atoms with E-state index in [1.54, 1.807) is 12.2 Å². The summed E-state index contributed by atoms with van der Waals surface area (Å²) in [5.74, 6) is 0. The average Bonchev–Trinajstić information content (AvgIpc) is 2.74. The first-order valence-corrected chi connectivity index (χ1v) is 5.69. The number of hydrogen-bond donors (Lipinski definition) is 2. The molecule has 0 saturated carbocycles. The molecule has 1 saturated heterocycles. The molecule has 1 aliphatic heterocycles. The molecule has 1 atom stereocenters. The minimum Gasteiger partial charge on any atom is -0.384 e. The van der Waals surface area contributed by atoms with Crippen LogP contribution in [0.25, 0.3) is 6.08 Å². The molecule has 1 unspecified atom stereocenters. The van der Waals surface area contributed by atoms with E-state index in [1.807, 2.05) is 0 Å². The number of β-amino-alcohol motifs (C(OH)–C–C–N with tert-alkyl or cyclic N) is 1. The first-order chi connectivity index (χ1) is 8.39. The van der Waals surface area contributed by atoms with E-state index in [-0.39, 0.29) is 0 Å². The van der Waals surface area contributed by atoms with Crippen LogP contribution in [0.15, 0.2) is 30.3 Å². The van der Waals surface area contributed by atoms with Crippen LogP contribution in [-0.2, 0) is 6.18 Å². The molecule has 0 aliphatic carbocycles. The van der Waals surface area contributed by atoms with Gasteiger partial charge in [-0.2, -0.15) is 13.2 Å². The molecule has 2 rings (SSSR count). The van der Waals surface area contributed by atoms with Crippen molar-refractivity contribution in [3.8, 4) is 0 Å². The van der Waals surface area contributed by atoms with Crippen molar-refractivity contribution in [3.63, 3.8) is 0 Å². The van der Waals surface area contributed by atoms with E-state index in [1.165, 1.54) is 12.1 Å². The van der Waals surface area contributed by atoms with Crippen LogP contribution in [-0.4, -0.2) is 23.8 Å². The van der Waals surface area contributed by atoms with Crippen molar-refractivity contribution in [3.05, 3.63) is 41.5 Å². The summed E-state index contributed by atoms with van der Waals surface area (Å²) in [6.07, 6.45) is -0.414. The predicted octanol–water partition coefficient (Wildman–Crippen LogP) is 2.44. The van der Waals surface area contributed by atoms with Crippen molar-refractivity contribution in [2.75, 3.05) is 13.1 Å². The number of halogens is 3. The molecule has 2 nitrogen and oxygen atoms in total. The van der Waals surface area contributed by atoms with Gasteiger partial charge < -0.3 is 10.4 Å². The van der Waals surface area contributed by atoms with E-state index in [0.717, 1.165) is 18.7 Å². The fraction of sp³-hybridized carbons (Fsp3) is 0.385. The van der Waals surface area contributed by atoms with Gasteiger partial charge in [0.1, 0.15) is 0 Å². The summed E-state index contributed by atoms with van der Waals surface area (Å²) in [5.41, 5.74) is -0.910. The van der Waals surface area contributed by atoms with Crippen LogP contribution in [0.2, 0.25) is 0 Å². The van der Waals surface area contributed by atoms with Crippen LogP contribution in [0.3, 0.4) is 0 Å². The van der Waals surface area contributed by atoms with Gasteiger partial charge in [-0.05, 0) is 30.7 Å². The van der Waals surface area contributed by atoms with Gasteiger partial charge in [-0.1, -0.05) is 24.3 Å². The Morgan fingerprint density at radius 1 is 1.22 bits per heavy atom. The highest BCUT2D eigenvalue weighted by atomic mass is 19.4. The molecule has 0 aromatic heterocycles. The zero-order valence-electron chi connectivity index (χ0n) is 9.67. The standard InChI is InChI=1S/C13H14F3NO/c14-13(15,16)11-3-1-10(2-4-11)5-6-12(18)7-8-17-9-12/h1-6,17-18H,7-9H2/b6-5+. The normalized spacial score (nSPS) is 24.9. The van der Waals surface area contributed by atoms with E-state index < -0.39 is 17.3 Å². The Morgan fingerprint density at radius 3 is 2.39 bits per heavy atom. The lowest BCUT2D eigenvalue weighted by atomic mass is 10.0. The highest BCUT2D eigenvalue weighted by Crippen LogP contribution is 2.29. The number of rotatable bonds is 2. The number of aliphatic hydroxyl groups is 1. The maximum Gasteiger partial charge on any atom is 0.416 e. The number of alkyl halides is 3. The fourth-order valence-corrected chi connectivity index (χ4v) is 1.87. The van der Waals surface area contributed by atoms with Gasteiger partial charge in [0.25, 0.3) is 0 Å². The Morgan fingerprint density at radius 2 is 1.89 bits per heavy atom. The van der Waals surface area contributed by atoms with E-state index in [9.17, 15) is 18.3 Å². The van der Waals surface area contributed by atoms with Gasteiger partial charge in [-0.3, -0.25) is 0 Å². The number of hydrogen-bond acceptors (Lipinski definition) is 2. The molecule has 1 aliphatic rings. The van der Waals surface area contributed by atoms with Crippen LogP contribution < -0.4 is 5.32 Å². The SMILES string of the molecule is OC1(/C=C/c2ccc(C(F)(F)F)cc2)CCNC1. The zero-order valence-corrected chi connectivity index (χ0v) is 9.67. The van der Waals surface area contributed by atoms with E-state index in [2.05, 4.69) is 5.32 Å². The molecular weight excluding hydrogens is 243 g/mol. The largest absolute Gasteiger partial charge is 0.416 e. The Bertz CT molecular complexity index is 431. The molecule has 1 aromatic rings. The molecule has 0 spiro atoms. The molecule has 18 heavy (non-hydrogen) atoms. The third kappa shape index (κ3) is 3.11. The lowest BCUT2D eigenvalue weighted by Gasteiger charge is -2.15. The second-order valence-electron chi connectivity index (χ2n) is 4.48. The molecule has 0 bridgehead atoms. The van der Waals surface area contributed by atoms with E-state index in [0.29, 0.717) is 18.5 Å². The lowest BCUT2D eigenvalue weighted by molar-refractivity contribution is -0.137. The van der Waals surface area contributed by atoms with Gasteiger partial charge in [-0.25, -0.2) is 0 Å². The molecule has 5 heteroatoms. The quantitative estimate of drug-likeness (QED) is 0.853. The first kappa shape index (κ1) is 13.1. The molecule has 1 fully saturated rings. The molecule has 1 aromatic carbocycles. The second-order valence-corrected chi connectivity index (χ2v) is 4.48. The third-order valence-corrected chi connectivity index (χ3v) is 2.99. The first-order valence-electron chi connectivity index (χ1n) is 5.69. The van der Waals surface area contributed by atoms with Gasteiger partial charge in [0, 0.05) is 6.54 Å². The van der Waals surface area contributed by atoms with Crippen molar-refractivity contribution in [1.29, 1.82) is 0 Å². The summed E-state index contributed by atoms with van der Waals surface area (Å²) in [6, 6.07) is 4.86. The van der Waals surface area contributed by atoms with Crippen LogP contribution in [0.4, 0.5) is 13.2 Å². The highest BCUT2D eigenvalue weighted by Gasteiger charge is 2.30. The Balaban J connectivity index is 2.09. The average molecular weight is 257 g/mol. The van der Waals surface area contributed by atoms with Crippen molar-refractivity contribution in [2.45, 2.75) is 18.2 Å². The van der Waals surface area contributed by atoms with Crippen molar-refractivity contribution >= 4 is 6.08 Å². The Kier molecular flexibility index (Phi) is 3.45. The third-order valence-electron chi connectivity index (χ3n) is 2.99. The van der Waals surface area contributed by atoms with Crippen LogP contribution in [0.5, 0.6) is 0 Å². The minimum atomic E-state index is -4.31. The van der Waals surface area contributed by atoms with E-state index >= 15 is 0 Å². The van der Waals surface area contributed by atoms with Crippen LogP contribution in [0, 0.1) is 0 Å². The maximum absolute atomic E-state index is 12.3. The van der Waals surface area contributed by atoms with Crippen LogP contribution in [0.1, 0.15) is 17.5 Å². The molecule has 0 radical (unpaired) electrons. The summed E-state index contributed by atoms with van der Waals surface area (Å²) in [7, 11) is 0. The van der Waals surface area contributed by atoms with Gasteiger partial charge >= 0.3 is 6.18 Å². The topological polar surface area (TPSA) is 32.3 Å². The Labute approximate surface area is 103 Å². The predicted molar refractivity (Wildman–Crippen MR) is 62.9 cm³/mol. The molecule has 1 heterocycles. The lowest BCUT2D eigenvalue weighted by Crippen LogP contribution is -2.28. The molecule has 2 N–H and O–H groups in total.